The average molecular weight is 523 g/mol. The molecule has 4 nitrogen and oxygen atoms in total. The molecule has 0 radical (unpaired) electrons. The van der Waals surface area contributed by atoms with Crippen molar-refractivity contribution in [3.63, 3.8) is 0 Å². The Morgan fingerprint density at radius 3 is 1.98 bits per heavy atom. The van der Waals surface area contributed by atoms with E-state index in [2.05, 4.69) is 82.4 Å². The van der Waals surface area contributed by atoms with Crippen molar-refractivity contribution in [3.05, 3.63) is 145 Å². The van der Waals surface area contributed by atoms with Gasteiger partial charge in [-0.05, 0) is 59.2 Å². The van der Waals surface area contributed by atoms with E-state index in [9.17, 15) is 10.5 Å². The molecule has 41 heavy (non-hydrogen) atoms. The number of aromatic nitrogens is 2. The lowest BCUT2D eigenvalue weighted by Gasteiger charge is -2.18. The summed E-state index contributed by atoms with van der Waals surface area (Å²) >= 11 is 0. The van der Waals surface area contributed by atoms with Crippen LogP contribution < -0.4 is 0 Å². The van der Waals surface area contributed by atoms with Gasteiger partial charge in [0.1, 0.15) is 0 Å². The summed E-state index contributed by atoms with van der Waals surface area (Å²) in [4.78, 5) is 4.18. The van der Waals surface area contributed by atoms with Crippen LogP contribution >= 0.6 is 0 Å². The van der Waals surface area contributed by atoms with Crippen LogP contribution in [0.15, 0.2) is 134 Å². The van der Waals surface area contributed by atoms with Crippen molar-refractivity contribution in [2.75, 3.05) is 0 Å². The Labute approximate surface area is 237 Å². The average Bonchev–Trinajstić information content (AvgIpc) is 3.39. The zero-order valence-corrected chi connectivity index (χ0v) is 22.0. The number of hydrogen-bond donors (Lipinski definition) is 0. The highest BCUT2D eigenvalue weighted by Crippen LogP contribution is 2.42. The third-order valence-electron chi connectivity index (χ3n) is 7.59. The van der Waals surface area contributed by atoms with E-state index in [4.69, 9.17) is 0 Å². The second-order valence-electron chi connectivity index (χ2n) is 9.87. The Hall–Kier alpha value is -5.97. The first-order valence-corrected chi connectivity index (χ1v) is 13.3. The van der Waals surface area contributed by atoms with Crippen molar-refractivity contribution in [2.24, 2.45) is 0 Å². The van der Waals surface area contributed by atoms with Crippen LogP contribution in [0.1, 0.15) is 11.1 Å². The largest absolute Gasteiger partial charge is 0.308 e. The first-order valence-electron chi connectivity index (χ1n) is 13.3. The maximum absolute atomic E-state index is 10.4. The molecular weight excluding hydrogens is 500 g/mol. The fourth-order valence-electron chi connectivity index (χ4n) is 5.71. The number of nitrogens with zero attached hydrogens (tertiary/aromatic N) is 4. The molecule has 0 saturated heterocycles. The maximum Gasteiger partial charge on any atom is 0.0998 e. The van der Waals surface area contributed by atoms with Gasteiger partial charge in [-0.3, -0.25) is 4.98 Å². The molecule has 7 aromatic rings. The van der Waals surface area contributed by atoms with Gasteiger partial charge in [0.05, 0.1) is 40.0 Å². The SMILES string of the molecule is N#Cc1ccc(-c2cccc3c4ccccc4n(-c4cc(C#N)c(-c5ccncc5)cc4-c4ccccc4)c23)cc1. The van der Waals surface area contributed by atoms with Crippen LogP contribution in [0.25, 0.3) is 60.9 Å². The molecule has 0 unspecified atom stereocenters. The van der Waals surface area contributed by atoms with Crippen molar-refractivity contribution in [2.45, 2.75) is 0 Å². The van der Waals surface area contributed by atoms with Crippen LogP contribution in [-0.2, 0) is 0 Å². The van der Waals surface area contributed by atoms with E-state index < -0.39 is 0 Å². The van der Waals surface area contributed by atoms with Crippen molar-refractivity contribution >= 4 is 21.8 Å². The van der Waals surface area contributed by atoms with E-state index in [1.54, 1.807) is 12.4 Å². The number of nitriles is 2. The highest BCUT2D eigenvalue weighted by atomic mass is 15.0. The molecule has 2 aromatic heterocycles. The van der Waals surface area contributed by atoms with E-state index in [0.29, 0.717) is 11.1 Å². The number of pyridine rings is 1. The van der Waals surface area contributed by atoms with Crippen molar-refractivity contribution < 1.29 is 0 Å². The van der Waals surface area contributed by atoms with E-state index in [0.717, 1.165) is 60.9 Å². The van der Waals surface area contributed by atoms with E-state index in [-0.39, 0.29) is 0 Å². The smallest absolute Gasteiger partial charge is 0.0998 e. The predicted molar refractivity (Wildman–Crippen MR) is 164 cm³/mol. The van der Waals surface area contributed by atoms with Crippen LogP contribution in [0, 0.1) is 22.7 Å². The Kier molecular flexibility index (Phi) is 5.86. The first kappa shape index (κ1) is 24.1. The minimum atomic E-state index is 0.590. The molecule has 4 heteroatoms. The lowest BCUT2D eigenvalue weighted by Crippen LogP contribution is -2.01. The third-order valence-corrected chi connectivity index (χ3v) is 7.59. The van der Waals surface area contributed by atoms with Gasteiger partial charge >= 0.3 is 0 Å². The van der Waals surface area contributed by atoms with Crippen molar-refractivity contribution in [1.82, 2.24) is 9.55 Å². The first-order chi connectivity index (χ1) is 20.3. The van der Waals surface area contributed by atoms with E-state index >= 15 is 0 Å². The van der Waals surface area contributed by atoms with Gasteiger partial charge in [0.25, 0.3) is 0 Å². The van der Waals surface area contributed by atoms with Crippen LogP contribution in [-0.4, -0.2) is 9.55 Å². The summed E-state index contributed by atoms with van der Waals surface area (Å²) in [6.45, 7) is 0. The van der Waals surface area contributed by atoms with Crippen LogP contribution in [0.4, 0.5) is 0 Å². The molecule has 7 rings (SSSR count). The fourth-order valence-corrected chi connectivity index (χ4v) is 5.71. The zero-order valence-electron chi connectivity index (χ0n) is 22.0. The second kappa shape index (κ2) is 9.97. The molecule has 0 bridgehead atoms. The monoisotopic (exact) mass is 522 g/mol. The molecule has 0 aliphatic heterocycles. The van der Waals surface area contributed by atoms with Crippen LogP contribution in [0.3, 0.4) is 0 Å². The lowest BCUT2D eigenvalue weighted by molar-refractivity contribution is 1.18. The molecule has 0 N–H and O–H groups in total. The van der Waals surface area contributed by atoms with E-state index in [1.165, 1.54) is 0 Å². The summed E-state index contributed by atoms with van der Waals surface area (Å²) in [7, 11) is 0. The molecule has 2 heterocycles. The quantitative estimate of drug-likeness (QED) is 0.232. The number of fused-ring (bicyclic) bond motifs is 3. The highest BCUT2D eigenvalue weighted by Gasteiger charge is 2.21. The van der Waals surface area contributed by atoms with Gasteiger partial charge in [-0.1, -0.05) is 78.9 Å². The number of benzene rings is 5. The molecular formula is C37H22N4. The Morgan fingerprint density at radius 1 is 0.537 bits per heavy atom. The Morgan fingerprint density at radius 2 is 1.22 bits per heavy atom. The predicted octanol–water partition coefficient (Wildman–Crippen LogP) is 8.92. The van der Waals surface area contributed by atoms with E-state index in [1.807, 2.05) is 60.7 Å². The normalized spacial score (nSPS) is 10.9. The molecule has 0 aliphatic carbocycles. The van der Waals surface area contributed by atoms with Crippen LogP contribution in [0.2, 0.25) is 0 Å². The van der Waals surface area contributed by atoms with Gasteiger partial charge in [-0.15, -0.1) is 0 Å². The minimum absolute atomic E-state index is 0.590. The zero-order chi connectivity index (χ0) is 27.8. The molecule has 0 saturated carbocycles. The standard InChI is InChI=1S/C37H22N4/c38-23-25-13-15-27(16-14-25)30-10-6-11-32-31-9-4-5-12-35(31)41(37(30)32)36-21-29(24-39)33(28-17-19-40-20-18-28)22-34(36)26-7-2-1-3-8-26/h1-22H. The summed E-state index contributed by atoms with van der Waals surface area (Å²) < 4.78 is 2.29. The van der Waals surface area contributed by atoms with Gasteiger partial charge < -0.3 is 4.57 Å². The molecule has 0 aliphatic rings. The minimum Gasteiger partial charge on any atom is -0.308 e. The molecule has 0 atom stereocenters. The summed E-state index contributed by atoms with van der Waals surface area (Å²) in [5, 5.41) is 22.0. The van der Waals surface area contributed by atoms with Crippen LogP contribution in [0.5, 0.6) is 0 Å². The van der Waals surface area contributed by atoms with Gasteiger partial charge in [-0.25, -0.2) is 0 Å². The summed E-state index contributed by atoms with van der Waals surface area (Å²) in [5.74, 6) is 0. The second-order valence-corrected chi connectivity index (χ2v) is 9.87. The van der Waals surface area contributed by atoms with Gasteiger partial charge in [0.2, 0.25) is 0 Å². The number of rotatable bonds is 4. The van der Waals surface area contributed by atoms with Gasteiger partial charge in [0.15, 0.2) is 0 Å². The summed E-state index contributed by atoms with van der Waals surface area (Å²) in [5.41, 5.74) is 10.2. The molecule has 0 amide bonds. The van der Waals surface area contributed by atoms with Gasteiger partial charge in [0, 0.05) is 39.9 Å². The number of para-hydroxylation sites is 2. The molecule has 0 fully saturated rings. The fraction of sp³-hybridized carbons (Fsp3) is 0. The van der Waals surface area contributed by atoms with Crippen molar-refractivity contribution in [1.29, 1.82) is 10.5 Å². The third kappa shape index (κ3) is 4.03. The molecule has 5 aromatic carbocycles. The van der Waals surface area contributed by atoms with Crippen molar-refractivity contribution in [3.8, 4) is 51.2 Å². The summed E-state index contributed by atoms with van der Waals surface area (Å²) in [6.07, 6.45) is 3.51. The molecule has 190 valence electrons. The highest BCUT2D eigenvalue weighted by molar-refractivity contribution is 6.14. The Balaban J connectivity index is 1.63. The maximum atomic E-state index is 10.4. The Bertz CT molecular complexity index is 2140. The van der Waals surface area contributed by atoms with Gasteiger partial charge in [-0.2, -0.15) is 10.5 Å². The number of hydrogen-bond acceptors (Lipinski definition) is 3. The summed E-state index contributed by atoms with van der Waals surface area (Å²) in [6, 6.07) is 45.5. The lowest BCUT2D eigenvalue weighted by atomic mass is 9.93. The molecule has 0 spiro atoms. The topological polar surface area (TPSA) is 65.4 Å².